The summed E-state index contributed by atoms with van der Waals surface area (Å²) in [6, 6.07) is 36.1. The number of benzene rings is 4. The Balaban J connectivity index is 1.92. The summed E-state index contributed by atoms with van der Waals surface area (Å²) in [6.45, 7) is 8.31. The van der Waals surface area contributed by atoms with E-state index in [1.54, 1.807) is 4.90 Å². The van der Waals surface area contributed by atoms with Crippen LogP contribution in [0.15, 0.2) is 121 Å². The maximum atomic E-state index is 15.9. The van der Waals surface area contributed by atoms with Crippen molar-refractivity contribution in [2.75, 3.05) is 0 Å². The fraction of sp³-hybridized carbons (Fsp3) is 0.409. The predicted octanol–water partition coefficient (Wildman–Crippen LogP) is 7.95. The number of primary amides is 1. The van der Waals surface area contributed by atoms with Gasteiger partial charge in [0.05, 0.1) is 12.1 Å². The van der Waals surface area contributed by atoms with E-state index in [4.69, 9.17) is 5.73 Å². The Morgan fingerprint density at radius 3 is 1.16 bits per heavy atom. The van der Waals surface area contributed by atoms with Crippen LogP contribution in [-0.4, -0.2) is 39.0 Å². The number of carbonyl (C=O) groups is 2. The van der Waals surface area contributed by atoms with Crippen molar-refractivity contribution >= 4 is 11.8 Å². The summed E-state index contributed by atoms with van der Waals surface area (Å²) in [6.07, 6.45) is 3.70. The van der Waals surface area contributed by atoms with Gasteiger partial charge < -0.3 is 20.8 Å². The van der Waals surface area contributed by atoms with Crippen LogP contribution in [0.25, 0.3) is 0 Å². The van der Waals surface area contributed by atoms with Gasteiger partial charge in [0.15, 0.2) is 0 Å². The molecule has 6 heteroatoms. The first-order chi connectivity index (χ1) is 24.0. The number of nitrogens with zero attached hydrogens (tertiary/aromatic N) is 1. The van der Waals surface area contributed by atoms with Crippen molar-refractivity contribution in [1.29, 1.82) is 0 Å². The molecule has 4 aromatic rings. The molecule has 4 aromatic carbocycles. The standard InChI is InChI=1S/C44H54N2O4/c1-32(2)30-38(43(49,34-20-10-5-11-21-34)35-22-12-6-13-23-35)46(41(48)42(40(45)47)28-18-9-19-29-42)39(31-33(3)4)44(50,36-24-14-7-15-25-36)37-26-16-8-17-27-37/h5-8,10-17,20-27,32-33,38-39,49-50H,9,18-19,28-31H2,1-4H3,(H2,45,47)/t38-,39-/m1/s1. The van der Waals surface area contributed by atoms with Crippen LogP contribution < -0.4 is 5.73 Å². The monoisotopic (exact) mass is 674 g/mol. The molecule has 1 saturated carbocycles. The van der Waals surface area contributed by atoms with Gasteiger partial charge >= 0.3 is 0 Å². The molecule has 264 valence electrons. The molecule has 0 radical (unpaired) electrons. The lowest BCUT2D eigenvalue weighted by Gasteiger charge is -2.54. The molecule has 2 amide bonds. The maximum absolute atomic E-state index is 15.9. The molecule has 4 N–H and O–H groups in total. The molecule has 0 unspecified atom stereocenters. The minimum atomic E-state index is -1.72. The minimum Gasteiger partial charge on any atom is -0.378 e. The Morgan fingerprint density at radius 2 is 0.900 bits per heavy atom. The van der Waals surface area contributed by atoms with Gasteiger partial charge in [-0.2, -0.15) is 0 Å². The molecule has 0 bridgehead atoms. The fourth-order valence-electron chi connectivity index (χ4n) is 8.20. The Hall–Kier alpha value is -4.26. The van der Waals surface area contributed by atoms with Crippen LogP contribution in [-0.2, 0) is 20.8 Å². The third-order valence-electron chi connectivity index (χ3n) is 10.7. The average Bonchev–Trinajstić information content (AvgIpc) is 3.14. The number of nitrogens with two attached hydrogens (primary N) is 1. The summed E-state index contributed by atoms with van der Waals surface area (Å²) in [5.74, 6) is -1.03. The molecule has 1 aliphatic carbocycles. The van der Waals surface area contributed by atoms with E-state index in [1.807, 2.05) is 121 Å². The third kappa shape index (κ3) is 7.15. The zero-order chi connectivity index (χ0) is 35.9. The second-order valence-electron chi connectivity index (χ2n) is 15.0. The van der Waals surface area contributed by atoms with E-state index in [0.717, 1.165) is 6.42 Å². The molecule has 0 spiro atoms. The molecule has 50 heavy (non-hydrogen) atoms. The zero-order valence-corrected chi connectivity index (χ0v) is 30.0. The first-order valence-electron chi connectivity index (χ1n) is 18.3. The topological polar surface area (TPSA) is 104 Å². The molecule has 0 saturated heterocycles. The minimum absolute atomic E-state index is 0.0198. The number of rotatable bonds is 14. The average molecular weight is 675 g/mol. The summed E-state index contributed by atoms with van der Waals surface area (Å²) in [4.78, 5) is 31.4. The van der Waals surface area contributed by atoms with Crippen molar-refractivity contribution in [2.45, 2.75) is 95.9 Å². The van der Waals surface area contributed by atoms with Gasteiger partial charge in [-0.25, -0.2) is 0 Å². The zero-order valence-electron chi connectivity index (χ0n) is 30.0. The smallest absolute Gasteiger partial charge is 0.239 e. The lowest BCUT2D eigenvalue weighted by molar-refractivity contribution is -0.171. The number of hydrogen-bond donors (Lipinski definition) is 3. The quantitative estimate of drug-likeness (QED) is 0.118. The Morgan fingerprint density at radius 1 is 0.600 bits per heavy atom. The second kappa shape index (κ2) is 15.7. The van der Waals surface area contributed by atoms with E-state index in [9.17, 15) is 15.0 Å². The highest BCUT2D eigenvalue weighted by atomic mass is 16.3. The van der Waals surface area contributed by atoms with Crippen LogP contribution in [0.3, 0.4) is 0 Å². The number of aliphatic hydroxyl groups is 2. The van der Waals surface area contributed by atoms with Crippen LogP contribution in [0.5, 0.6) is 0 Å². The number of carbonyl (C=O) groups excluding carboxylic acids is 2. The van der Waals surface area contributed by atoms with Gasteiger partial charge in [0.2, 0.25) is 11.8 Å². The SMILES string of the molecule is CC(C)C[C@@H](N(C(=O)C1(C(N)=O)CCCCC1)[C@H](CC(C)C)C(O)(c1ccccc1)c1ccccc1)C(O)(c1ccccc1)c1ccccc1. The summed E-state index contributed by atoms with van der Waals surface area (Å²) in [5.41, 5.74) is 3.86. The molecule has 5 rings (SSSR count). The number of amides is 2. The Bertz CT molecular complexity index is 1490. The first kappa shape index (κ1) is 37.0. The van der Waals surface area contributed by atoms with Crippen molar-refractivity contribution < 1.29 is 19.8 Å². The maximum Gasteiger partial charge on any atom is 0.239 e. The van der Waals surface area contributed by atoms with E-state index in [-0.39, 0.29) is 11.8 Å². The van der Waals surface area contributed by atoms with E-state index in [1.165, 1.54) is 0 Å². The van der Waals surface area contributed by atoms with Crippen molar-refractivity contribution in [1.82, 2.24) is 4.90 Å². The van der Waals surface area contributed by atoms with Gasteiger partial charge in [-0.1, -0.05) is 168 Å². The number of hydrogen-bond acceptors (Lipinski definition) is 4. The molecule has 1 fully saturated rings. The van der Waals surface area contributed by atoms with Crippen molar-refractivity contribution in [2.24, 2.45) is 23.0 Å². The van der Waals surface area contributed by atoms with Gasteiger partial charge in [-0.15, -0.1) is 0 Å². The van der Waals surface area contributed by atoms with Gasteiger partial charge in [-0.3, -0.25) is 9.59 Å². The van der Waals surface area contributed by atoms with Gasteiger partial charge in [0.25, 0.3) is 0 Å². The summed E-state index contributed by atoms with van der Waals surface area (Å²) >= 11 is 0. The van der Waals surface area contributed by atoms with Gasteiger partial charge in [0.1, 0.15) is 16.6 Å². The summed E-state index contributed by atoms with van der Waals surface area (Å²) < 4.78 is 0. The lowest BCUT2D eigenvalue weighted by atomic mass is 9.68. The van der Waals surface area contributed by atoms with Crippen LogP contribution in [0.4, 0.5) is 0 Å². The highest BCUT2D eigenvalue weighted by Crippen LogP contribution is 2.48. The van der Waals surface area contributed by atoms with Crippen LogP contribution in [0, 0.1) is 17.3 Å². The molecule has 1 aliphatic rings. The van der Waals surface area contributed by atoms with E-state index >= 15 is 4.79 Å². The molecule has 2 atom stereocenters. The summed E-state index contributed by atoms with van der Waals surface area (Å²) in [5, 5.41) is 27.2. The van der Waals surface area contributed by atoms with Gasteiger partial charge in [-0.05, 0) is 59.8 Å². The first-order valence-corrected chi connectivity index (χ1v) is 18.3. The van der Waals surface area contributed by atoms with Crippen molar-refractivity contribution in [3.63, 3.8) is 0 Å². The highest BCUT2D eigenvalue weighted by molar-refractivity contribution is 6.05. The van der Waals surface area contributed by atoms with Crippen LogP contribution >= 0.6 is 0 Å². The Labute approximate surface area is 298 Å². The largest absolute Gasteiger partial charge is 0.378 e. The van der Waals surface area contributed by atoms with E-state index in [2.05, 4.69) is 27.7 Å². The lowest BCUT2D eigenvalue weighted by Crippen LogP contribution is -2.67. The molecular weight excluding hydrogens is 620 g/mol. The second-order valence-corrected chi connectivity index (χ2v) is 15.0. The van der Waals surface area contributed by atoms with Crippen LogP contribution in [0.1, 0.15) is 94.9 Å². The van der Waals surface area contributed by atoms with E-state index in [0.29, 0.717) is 60.8 Å². The fourth-order valence-corrected chi connectivity index (χ4v) is 8.20. The highest BCUT2D eigenvalue weighted by Gasteiger charge is 2.58. The van der Waals surface area contributed by atoms with Crippen molar-refractivity contribution in [3.8, 4) is 0 Å². The van der Waals surface area contributed by atoms with Crippen molar-refractivity contribution in [3.05, 3.63) is 144 Å². The Kier molecular flexibility index (Phi) is 11.7. The summed E-state index contributed by atoms with van der Waals surface area (Å²) in [7, 11) is 0. The molecule has 6 nitrogen and oxygen atoms in total. The molecule has 0 aliphatic heterocycles. The molecular formula is C44H54N2O4. The third-order valence-corrected chi connectivity index (χ3v) is 10.7. The molecule has 0 heterocycles. The molecule has 0 aromatic heterocycles. The normalized spacial score (nSPS) is 16.2. The predicted molar refractivity (Wildman–Crippen MR) is 200 cm³/mol. The van der Waals surface area contributed by atoms with Crippen LogP contribution in [0.2, 0.25) is 0 Å². The van der Waals surface area contributed by atoms with Gasteiger partial charge in [0, 0.05) is 0 Å². The van der Waals surface area contributed by atoms with E-state index < -0.39 is 40.5 Å².